The van der Waals surface area contributed by atoms with Crippen LogP contribution in [0.5, 0.6) is 0 Å². The molecule has 0 spiro atoms. The Morgan fingerprint density at radius 3 is 2.30 bits per heavy atom. The predicted molar refractivity (Wildman–Crippen MR) is 112 cm³/mol. The first-order valence-electron chi connectivity index (χ1n) is 11.2. The Labute approximate surface area is 177 Å². The van der Waals surface area contributed by atoms with Gasteiger partial charge in [-0.2, -0.15) is 0 Å². The number of carbonyl (C=O) groups excluding carboxylic acids is 3. The van der Waals surface area contributed by atoms with Gasteiger partial charge in [0.2, 0.25) is 5.91 Å². The normalized spacial score (nSPS) is 33.3. The van der Waals surface area contributed by atoms with Gasteiger partial charge in [0.15, 0.2) is 12.4 Å². The highest BCUT2D eigenvalue weighted by Gasteiger charge is 2.54. The molecule has 158 valence electrons. The second-order valence-electron chi connectivity index (χ2n) is 9.87. The summed E-state index contributed by atoms with van der Waals surface area (Å²) in [5.41, 5.74) is 1.68. The van der Waals surface area contributed by atoms with Crippen LogP contribution in [0.4, 0.5) is 0 Å². The third kappa shape index (κ3) is 3.38. The van der Waals surface area contributed by atoms with Crippen molar-refractivity contribution in [2.75, 3.05) is 6.61 Å². The van der Waals surface area contributed by atoms with E-state index in [-0.39, 0.29) is 30.1 Å². The molecule has 0 saturated heterocycles. The number of ether oxygens (including phenoxy) is 1. The van der Waals surface area contributed by atoms with Gasteiger partial charge in [0.25, 0.3) is 0 Å². The molecule has 0 N–H and O–H groups in total. The maximum Gasteiger partial charge on any atom is 0.308 e. The summed E-state index contributed by atoms with van der Waals surface area (Å²) >= 11 is 0. The van der Waals surface area contributed by atoms with E-state index >= 15 is 0 Å². The summed E-state index contributed by atoms with van der Waals surface area (Å²) in [6.45, 7) is 1.36. The quantitative estimate of drug-likeness (QED) is 0.684. The van der Waals surface area contributed by atoms with Crippen molar-refractivity contribution < 1.29 is 19.1 Å². The molecular formula is C25H29NO4. The zero-order valence-electron chi connectivity index (χ0n) is 17.5. The van der Waals surface area contributed by atoms with E-state index in [2.05, 4.69) is 0 Å². The minimum absolute atomic E-state index is 0.0507. The van der Waals surface area contributed by atoms with Crippen LogP contribution < -0.4 is 0 Å². The number of hydrogen-bond donors (Lipinski definition) is 0. The average Bonchev–Trinajstić information content (AvgIpc) is 2.71. The maximum absolute atomic E-state index is 13.1. The summed E-state index contributed by atoms with van der Waals surface area (Å²) in [7, 11) is 0. The second-order valence-corrected chi connectivity index (χ2v) is 9.87. The summed E-state index contributed by atoms with van der Waals surface area (Å²) in [4.78, 5) is 39.5. The lowest BCUT2D eigenvalue weighted by atomic mass is 9.48. The molecule has 30 heavy (non-hydrogen) atoms. The molecule has 0 aromatic heterocycles. The number of Topliss-reactive ketones (excluding diaryl/α,β-unsaturated/α-hetero) is 1. The maximum atomic E-state index is 13.1. The molecule has 5 nitrogen and oxygen atoms in total. The Morgan fingerprint density at radius 1 is 1.03 bits per heavy atom. The number of ketones is 1. The zero-order valence-corrected chi connectivity index (χ0v) is 17.5. The molecular weight excluding hydrogens is 378 g/mol. The van der Waals surface area contributed by atoms with E-state index in [1.54, 1.807) is 11.1 Å². The number of benzene rings is 1. The van der Waals surface area contributed by atoms with Gasteiger partial charge in [0, 0.05) is 18.5 Å². The van der Waals surface area contributed by atoms with Gasteiger partial charge in [0.05, 0.1) is 12.5 Å². The number of nitrogens with zero attached hydrogens (tertiary/aromatic N) is 1. The van der Waals surface area contributed by atoms with E-state index in [1.807, 2.05) is 30.3 Å². The first-order valence-corrected chi connectivity index (χ1v) is 11.2. The van der Waals surface area contributed by atoms with E-state index < -0.39 is 12.0 Å². The molecule has 0 unspecified atom stereocenters. The van der Waals surface area contributed by atoms with Crippen LogP contribution in [0.3, 0.4) is 0 Å². The molecule has 0 radical (unpaired) electrons. The van der Waals surface area contributed by atoms with Crippen molar-refractivity contribution in [1.82, 2.24) is 4.90 Å². The lowest BCUT2D eigenvalue weighted by molar-refractivity contribution is -0.158. The molecule has 4 saturated carbocycles. The molecule has 6 rings (SSSR count). The molecule has 4 bridgehead atoms. The number of amides is 1. The molecule has 1 heterocycles. The average molecular weight is 408 g/mol. The summed E-state index contributed by atoms with van der Waals surface area (Å²) in [6, 6.07) is 7.36. The molecule has 1 aliphatic heterocycles. The van der Waals surface area contributed by atoms with Crippen LogP contribution >= 0.6 is 0 Å². The van der Waals surface area contributed by atoms with Crippen molar-refractivity contribution in [3.63, 3.8) is 0 Å². The van der Waals surface area contributed by atoms with Crippen molar-refractivity contribution in [3.8, 4) is 0 Å². The van der Waals surface area contributed by atoms with Crippen LogP contribution in [-0.2, 0) is 19.1 Å². The first-order chi connectivity index (χ1) is 14.4. The number of hydrogen-bond acceptors (Lipinski definition) is 4. The topological polar surface area (TPSA) is 63.7 Å². The van der Waals surface area contributed by atoms with Crippen molar-refractivity contribution in [1.29, 1.82) is 0 Å². The van der Waals surface area contributed by atoms with Crippen molar-refractivity contribution in [2.24, 2.45) is 23.2 Å². The van der Waals surface area contributed by atoms with E-state index in [0.29, 0.717) is 17.8 Å². The van der Waals surface area contributed by atoms with Crippen LogP contribution in [0.15, 0.2) is 30.5 Å². The standard InChI is InChI=1S/C25H29NO4/c1-16(27)26-7-6-20-4-2-3-5-21(20)22(26)11-24(29)30-15-23(28)25-12-17-8-18(13-25)10-19(9-17)14-25/h2-7,17-19,22H,8-15H2,1H3/t17?,18?,19?,22-,25?/m1/s1. The fraction of sp³-hybridized carbons (Fsp3) is 0.560. The molecule has 1 amide bonds. The Kier molecular flexibility index (Phi) is 4.79. The molecule has 1 aromatic rings. The van der Waals surface area contributed by atoms with E-state index in [4.69, 9.17) is 4.74 Å². The molecule has 5 heteroatoms. The number of fused-ring (bicyclic) bond motifs is 1. The highest BCUT2D eigenvalue weighted by atomic mass is 16.5. The van der Waals surface area contributed by atoms with Crippen molar-refractivity contribution >= 4 is 23.7 Å². The van der Waals surface area contributed by atoms with Gasteiger partial charge in [-0.05, 0) is 73.5 Å². The van der Waals surface area contributed by atoms with Crippen LogP contribution in [0.1, 0.15) is 69.0 Å². The third-order valence-electron chi connectivity index (χ3n) is 7.82. The minimum atomic E-state index is -0.422. The Morgan fingerprint density at radius 2 is 1.67 bits per heavy atom. The third-order valence-corrected chi connectivity index (χ3v) is 7.82. The van der Waals surface area contributed by atoms with Gasteiger partial charge < -0.3 is 9.64 Å². The SMILES string of the molecule is CC(=O)N1C=Cc2ccccc2[C@H]1CC(=O)OCC(=O)C12CC3CC(CC(C3)C1)C2. The second kappa shape index (κ2) is 7.36. The number of esters is 1. The number of carbonyl (C=O) groups is 3. The van der Waals surface area contributed by atoms with Gasteiger partial charge in [-0.15, -0.1) is 0 Å². The van der Waals surface area contributed by atoms with E-state index in [1.165, 1.54) is 26.2 Å². The van der Waals surface area contributed by atoms with Gasteiger partial charge >= 0.3 is 5.97 Å². The lowest BCUT2D eigenvalue weighted by Gasteiger charge is -2.55. The van der Waals surface area contributed by atoms with Gasteiger partial charge in [0.1, 0.15) is 0 Å². The highest BCUT2D eigenvalue weighted by Crippen LogP contribution is 2.60. The monoisotopic (exact) mass is 407 g/mol. The molecule has 5 aliphatic rings. The first kappa shape index (κ1) is 19.5. The van der Waals surface area contributed by atoms with Crippen LogP contribution in [0, 0.1) is 23.2 Å². The van der Waals surface area contributed by atoms with Crippen LogP contribution in [-0.4, -0.2) is 29.2 Å². The molecule has 1 atom stereocenters. The van der Waals surface area contributed by atoms with Crippen molar-refractivity contribution in [2.45, 2.75) is 57.9 Å². The van der Waals surface area contributed by atoms with Gasteiger partial charge in [-0.25, -0.2) is 0 Å². The van der Waals surface area contributed by atoms with Crippen LogP contribution in [0.2, 0.25) is 0 Å². The fourth-order valence-corrected chi connectivity index (χ4v) is 6.88. The Bertz CT molecular complexity index is 882. The highest BCUT2D eigenvalue weighted by molar-refractivity contribution is 5.88. The van der Waals surface area contributed by atoms with Crippen molar-refractivity contribution in [3.05, 3.63) is 41.6 Å². The summed E-state index contributed by atoms with van der Waals surface area (Å²) in [6.07, 6.45) is 10.4. The van der Waals surface area contributed by atoms with E-state index in [9.17, 15) is 14.4 Å². The lowest BCUT2D eigenvalue weighted by Crippen LogP contribution is -2.51. The van der Waals surface area contributed by atoms with Gasteiger partial charge in [-0.3, -0.25) is 14.4 Å². The summed E-state index contributed by atoms with van der Waals surface area (Å²) in [5.74, 6) is 1.63. The number of rotatable bonds is 5. The zero-order chi connectivity index (χ0) is 20.9. The smallest absolute Gasteiger partial charge is 0.308 e. The van der Waals surface area contributed by atoms with E-state index in [0.717, 1.165) is 30.4 Å². The summed E-state index contributed by atoms with van der Waals surface area (Å²) in [5, 5.41) is 0. The Hall–Kier alpha value is -2.43. The van der Waals surface area contributed by atoms with Gasteiger partial charge in [-0.1, -0.05) is 24.3 Å². The molecule has 4 fully saturated rings. The Balaban J connectivity index is 1.24. The minimum Gasteiger partial charge on any atom is -0.458 e. The predicted octanol–water partition coefficient (Wildman–Crippen LogP) is 4.28. The molecule has 4 aliphatic carbocycles. The summed E-state index contributed by atoms with van der Waals surface area (Å²) < 4.78 is 5.49. The van der Waals surface area contributed by atoms with Crippen LogP contribution in [0.25, 0.3) is 6.08 Å². The largest absolute Gasteiger partial charge is 0.458 e. The molecule has 1 aromatic carbocycles. The fourth-order valence-electron chi connectivity index (χ4n) is 6.88.